The Kier molecular flexibility index (Phi) is 7.28. The molecule has 0 spiro atoms. The van der Waals surface area contributed by atoms with Crippen molar-refractivity contribution in [1.82, 2.24) is 15.2 Å². The molecule has 7 heteroatoms. The van der Waals surface area contributed by atoms with Gasteiger partial charge in [0.1, 0.15) is 5.82 Å². The molecule has 1 amide bonds. The number of ether oxygens (including phenoxy) is 1. The molecule has 0 atom stereocenters. The van der Waals surface area contributed by atoms with Crippen LogP contribution in [-0.2, 0) is 4.74 Å². The second-order valence-electron chi connectivity index (χ2n) is 4.36. The van der Waals surface area contributed by atoms with E-state index >= 15 is 0 Å². The normalized spacial score (nSPS) is 10.7. The van der Waals surface area contributed by atoms with Crippen LogP contribution < -0.4 is 10.6 Å². The maximum Gasteiger partial charge on any atom is 0.252 e. The molecule has 1 aromatic heterocycles. The standard InChI is InChI=1S/C13H21ClN4O2/c1-15-12-11(14)8-10(9-17-12)13(19)16-4-5-18(2)6-7-20-3/h8-9H,4-7H2,1-3H3,(H,15,17)(H,16,19). The van der Waals surface area contributed by atoms with Gasteiger partial charge < -0.3 is 20.3 Å². The highest BCUT2D eigenvalue weighted by Gasteiger charge is 2.09. The molecule has 6 nitrogen and oxygen atoms in total. The largest absolute Gasteiger partial charge is 0.383 e. The van der Waals surface area contributed by atoms with Gasteiger partial charge in [0.05, 0.1) is 17.2 Å². The smallest absolute Gasteiger partial charge is 0.252 e. The summed E-state index contributed by atoms with van der Waals surface area (Å²) < 4.78 is 4.99. The maximum absolute atomic E-state index is 11.9. The van der Waals surface area contributed by atoms with E-state index in [1.54, 1.807) is 20.2 Å². The number of anilines is 1. The van der Waals surface area contributed by atoms with Gasteiger partial charge in [-0.2, -0.15) is 0 Å². The van der Waals surface area contributed by atoms with Gasteiger partial charge in [0.2, 0.25) is 0 Å². The molecular formula is C13H21ClN4O2. The Morgan fingerprint density at radius 1 is 1.50 bits per heavy atom. The lowest BCUT2D eigenvalue weighted by molar-refractivity contribution is 0.0947. The number of nitrogens with one attached hydrogen (secondary N) is 2. The maximum atomic E-state index is 11.9. The van der Waals surface area contributed by atoms with Crippen LogP contribution in [0.1, 0.15) is 10.4 Å². The topological polar surface area (TPSA) is 66.5 Å². The van der Waals surface area contributed by atoms with Crippen molar-refractivity contribution in [3.8, 4) is 0 Å². The van der Waals surface area contributed by atoms with Gasteiger partial charge in [-0.3, -0.25) is 4.79 Å². The molecule has 0 saturated heterocycles. The number of amides is 1. The lowest BCUT2D eigenvalue weighted by Gasteiger charge is -2.16. The van der Waals surface area contributed by atoms with Gasteiger partial charge in [0.15, 0.2) is 0 Å². The number of rotatable bonds is 8. The first-order valence-electron chi connectivity index (χ1n) is 6.37. The van der Waals surface area contributed by atoms with Crippen LogP contribution in [0.4, 0.5) is 5.82 Å². The highest BCUT2D eigenvalue weighted by molar-refractivity contribution is 6.33. The highest BCUT2D eigenvalue weighted by Crippen LogP contribution is 2.19. The molecule has 0 radical (unpaired) electrons. The minimum atomic E-state index is -0.179. The van der Waals surface area contributed by atoms with Gasteiger partial charge in [-0.25, -0.2) is 4.98 Å². The molecule has 1 aromatic rings. The number of methoxy groups -OCH3 is 1. The van der Waals surface area contributed by atoms with Crippen molar-refractivity contribution < 1.29 is 9.53 Å². The Labute approximate surface area is 124 Å². The Morgan fingerprint density at radius 2 is 2.25 bits per heavy atom. The minimum Gasteiger partial charge on any atom is -0.383 e. The Morgan fingerprint density at radius 3 is 2.85 bits per heavy atom. The number of carbonyl (C=O) groups excluding carboxylic acids is 1. The summed E-state index contributed by atoms with van der Waals surface area (Å²) in [5.74, 6) is 0.379. The summed E-state index contributed by atoms with van der Waals surface area (Å²) in [6.07, 6.45) is 1.50. The lowest BCUT2D eigenvalue weighted by Crippen LogP contribution is -2.34. The third kappa shape index (κ3) is 5.32. The summed E-state index contributed by atoms with van der Waals surface area (Å²) in [5, 5.41) is 6.10. The van der Waals surface area contributed by atoms with Gasteiger partial charge in [-0.1, -0.05) is 11.6 Å². The zero-order chi connectivity index (χ0) is 15.0. The van der Waals surface area contributed by atoms with Gasteiger partial charge in [0.25, 0.3) is 5.91 Å². The fourth-order valence-electron chi connectivity index (χ4n) is 1.57. The molecule has 1 rings (SSSR count). The molecule has 2 N–H and O–H groups in total. The number of nitrogens with zero attached hydrogens (tertiary/aromatic N) is 2. The second-order valence-corrected chi connectivity index (χ2v) is 4.76. The molecule has 0 aliphatic heterocycles. The molecular weight excluding hydrogens is 280 g/mol. The van der Waals surface area contributed by atoms with Gasteiger partial charge >= 0.3 is 0 Å². The first-order chi connectivity index (χ1) is 9.58. The van der Waals surface area contributed by atoms with Gasteiger partial charge in [-0.15, -0.1) is 0 Å². The number of aromatic nitrogens is 1. The summed E-state index contributed by atoms with van der Waals surface area (Å²) in [5.41, 5.74) is 0.452. The first kappa shape index (κ1) is 16.7. The number of hydrogen-bond donors (Lipinski definition) is 2. The van der Waals surface area contributed by atoms with Crippen molar-refractivity contribution in [2.45, 2.75) is 0 Å². The third-order valence-electron chi connectivity index (χ3n) is 2.80. The first-order valence-corrected chi connectivity index (χ1v) is 6.75. The van der Waals surface area contributed by atoms with Crippen molar-refractivity contribution in [2.75, 3.05) is 52.8 Å². The second kappa shape index (κ2) is 8.73. The van der Waals surface area contributed by atoms with E-state index in [1.807, 2.05) is 7.05 Å². The number of hydrogen-bond acceptors (Lipinski definition) is 5. The van der Waals surface area contributed by atoms with Crippen LogP contribution in [0.15, 0.2) is 12.3 Å². The van der Waals surface area contributed by atoms with Crippen molar-refractivity contribution in [3.05, 3.63) is 22.8 Å². The van der Waals surface area contributed by atoms with E-state index in [4.69, 9.17) is 16.3 Å². The van der Waals surface area contributed by atoms with Crippen LogP contribution in [0.25, 0.3) is 0 Å². The van der Waals surface area contributed by atoms with Crippen LogP contribution in [0.2, 0.25) is 5.02 Å². The Hall–Kier alpha value is -1.37. The van der Waals surface area contributed by atoms with Crippen LogP contribution in [-0.4, -0.2) is 63.2 Å². The summed E-state index contributed by atoms with van der Waals surface area (Å²) in [7, 11) is 5.37. The van der Waals surface area contributed by atoms with E-state index in [-0.39, 0.29) is 5.91 Å². The molecule has 1 heterocycles. The number of likely N-dealkylation sites (N-methyl/N-ethyl adjacent to an activating group) is 1. The Balaban J connectivity index is 2.41. The van der Waals surface area contributed by atoms with E-state index < -0.39 is 0 Å². The summed E-state index contributed by atoms with van der Waals surface area (Å²) in [4.78, 5) is 18.1. The summed E-state index contributed by atoms with van der Waals surface area (Å²) in [6.45, 7) is 2.82. The molecule has 20 heavy (non-hydrogen) atoms. The summed E-state index contributed by atoms with van der Waals surface area (Å²) >= 11 is 5.99. The number of pyridine rings is 1. The SMILES string of the molecule is CNc1ncc(C(=O)NCCN(C)CCOC)cc1Cl. The molecule has 112 valence electrons. The summed E-state index contributed by atoms with van der Waals surface area (Å²) in [6, 6.07) is 1.60. The monoisotopic (exact) mass is 300 g/mol. The average Bonchev–Trinajstić information content (AvgIpc) is 2.44. The molecule has 0 saturated carbocycles. The molecule has 0 aromatic carbocycles. The number of halogens is 1. The average molecular weight is 301 g/mol. The van der Waals surface area contributed by atoms with Crippen LogP contribution in [0.3, 0.4) is 0 Å². The predicted molar refractivity (Wildman–Crippen MR) is 80.5 cm³/mol. The lowest BCUT2D eigenvalue weighted by atomic mass is 10.2. The fourth-order valence-corrected chi connectivity index (χ4v) is 1.83. The zero-order valence-electron chi connectivity index (χ0n) is 12.1. The van der Waals surface area contributed by atoms with Crippen molar-refractivity contribution >= 4 is 23.3 Å². The fraction of sp³-hybridized carbons (Fsp3) is 0.538. The molecule has 0 bridgehead atoms. The molecule has 0 fully saturated rings. The van der Waals surface area contributed by atoms with E-state index in [1.165, 1.54) is 6.20 Å². The van der Waals surface area contributed by atoms with Crippen LogP contribution in [0.5, 0.6) is 0 Å². The number of carbonyl (C=O) groups is 1. The van der Waals surface area contributed by atoms with Crippen LogP contribution in [0, 0.1) is 0 Å². The van der Waals surface area contributed by atoms with E-state index in [9.17, 15) is 4.79 Å². The molecule has 0 aliphatic carbocycles. The predicted octanol–water partition coefficient (Wildman–Crippen LogP) is 1.08. The van der Waals surface area contributed by atoms with Crippen molar-refractivity contribution in [1.29, 1.82) is 0 Å². The van der Waals surface area contributed by atoms with E-state index in [0.29, 0.717) is 29.6 Å². The third-order valence-corrected chi connectivity index (χ3v) is 3.08. The van der Waals surface area contributed by atoms with Crippen molar-refractivity contribution in [2.24, 2.45) is 0 Å². The van der Waals surface area contributed by atoms with E-state index in [2.05, 4.69) is 20.5 Å². The highest BCUT2D eigenvalue weighted by atomic mass is 35.5. The molecule has 0 aliphatic rings. The van der Waals surface area contributed by atoms with E-state index in [0.717, 1.165) is 13.1 Å². The van der Waals surface area contributed by atoms with Gasteiger partial charge in [-0.05, 0) is 13.1 Å². The zero-order valence-corrected chi connectivity index (χ0v) is 12.8. The molecule has 0 unspecified atom stereocenters. The van der Waals surface area contributed by atoms with Crippen LogP contribution >= 0.6 is 11.6 Å². The Bertz CT molecular complexity index is 442. The minimum absolute atomic E-state index is 0.179. The van der Waals surface area contributed by atoms with Crippen molar-refractivity contribution in [3.63, 3.8) is 0 Å². The quantitative estimate of drug-likeness (QED) is 0.752. The van der Waals surface area contributed by atoms with Gasteiger partial charge in [0, 0.05) is 40.0 Å².